The number of carbonyl (C=O) groups is 1. The van der Waals surface area contributed by atoms with E-state index in [2.05, 4.69) is 20.5 Å². The number of nitrogens with zero attached hydrogens (tertiary/aromatic N) is 3. The number of halogens is 1. The molecular formula is C15H11FN4OS. The highest BCUT2D eigenvalue weighted by molar-refractivity contribution is 7.15. The van der Waals surface area contributed by atoms with Crippen molar-refractivity contribution in [1.29, 1.82) is 0 Å². The van der Waals surface area contributed by atoms with Crippen LogP contribution in [0.4, 0.5) is 9.52 Å². The van der Waals surface area contributed by atoms with E-state index < -0.39 is 0 Å². The molecule has 0 bridgehead atoms. The van der Waals surface area contributed by atoms with Crippen molar-refractivity contribution in [3.05, 3.63) is 70.7 Å². The van der Waals surface area contributed by atoms with Crippen LogP contribution in [0.5, 0.6) is 0 Å². The van der Waals surface area contributed by atoms with Gasteiger partial charge >= 0.3 is 0 Å². The lowest BCUT2D eigenvalue weighted by Gasteiger charge is -1.99. The van der Waals surface area contributed by atoms with Crippen LogP contribution in [0.1, 0.15) is 20.9 Å². The Morgan fingerprint density at radius 2 is 2.00 bits per heavy atom. The van der Waals surface area contributed by atoms with Gasteiger partial charge in [0, 0.05) is 18.8 Å². The second kappa shape index (κ2) is 6.40. The molecule has 0 unspecified atom stereocenters. The molecule has 1 amide bonds. The van der Waals surface area contributed by atoms with Gasteiger partial charge in [-0.25, -0.2) is 4.39 Å². The van der Waals surface area contributed by atoms with Gasteiger partial charge in [-0.1, -0.05) is 23.5 Å². The first-order chi connectivity index (χ1) is 10.7. The normalized spacial score (nSPS) is 10.4. The minimum atomic E-state index is -0.280. The molecule has 1 N–H and O–H groups in total. The summed E-state index contributed by atoms with van der Waals surface area (Å²) in [5, 5.41) is 11.8. The molecule has 5 nitrogen and oxygen atoms in total. The van der Waals surface area contributed by atoms with Gasteiger partial charge in [-0.2, -0.15) is 0 Å². The molecule has 1 aromatic carbocycles. The number of benzene rings is 1. The summed E-state index contributed by atoms with van der Waals surface area (Å²) in [5.74, 6) is -0.553. The van der Waals surface area contributed by atoms with Gasteiger partial charge in [0.1, 0.15) is 10.8 Å². The van der Waals surface area contributed by atoms with Crippen LogP contribution < -0.4 is 5.32 Å². The van der Waals surface area contributed by atoms with Crippen LogP contribution in [-0.4, -0.2) is 21.1 Å². The highest BCUT2D eigenvalue weighted by Crippen LogP contribution is 2.19. The van der Waals surface area contributed by atoms with Crippen molar-refractivity contribution in [2.45, 2.75) is 6.42 Å². The average molecular weight is 314 g/mol. The zero-order chi connectivity index (χ0) is 15.4. The monoisotopic (exact) mass is 314 g/mol. The average Bonchev–Trinajstić information content (AvgIpc) is 2.97. The van der Waals surface area contributed by atoms with Gasteiger partial charge in [0.2, 0.25) is 5.13 Å². The number of carbonyl (C=O) groups excluding carboxylic acids is 1. The van der Waals surface area contributed by atoms with E-state index in [1.54, 1.807) is 30.5 Å². The van der Waals surface area contributed by atoms with Crippen LogP contribution in [0, 0.1) is 5.82 Å². The molecule has 0 radical (unpaired) electrons. The largest absolute Gasteiger partial charge is 0.296 e. The summed E-state index contributed by atoms with van der Waals surface area (Å²) in [6, 6.07) is 9.57. The number of hydrogen-bond donors (Lipinski definition) is 1. The van der Waals surface area contributed by atoms with Crippen molar-refractivity contribution in [2.75, 3.05) is 5.32 Å². The van der Waals surface area contributed by atoms with Crippen LogP contribution in [0.25, 0.3) is 0 Å². The molecule has 0 aliphatic carbocycles. The van der Waals surface area contributed by atoms with Crippen LogP contribution in [0.15, 0.2) is 48.8 Å². The van der Waals surface area contributed by atoms with Gasteiger partial charge in [-0.3, -0.25) is 15.1 Å². The Morgan fingerprint density at radius 3 is 2.73 bits per heavy atom. The molecule has 0 saturated heterocycles. The highest BCUT2D eigenvalue weighted by atomic mass is 32.1. The SMILES string of the molecule is O=C(Nc1nnc(Cc2ccc(F)cc2)s1)c1cccnc1. The third kappa shape index (κ3) is 3.50. The Hall–Kier alpha value is -2.67. The molecule has 0 atom stereocenters. The fourth-order valence-electron chi connectivity index (χ4n) is 1.82. The molecular weight excluding hydrogens is 303 g/mol. The first kappa shape index (κ1) is 14.3. The van der Waals surface area contributed by atoms with Crippen molar-refractivity contribution in [3.63, 3.8) is 0 Å². The number of hydrogen-bond acceptors (Lipinski definition) is 5. The molecule has 22 heavy (non-hydrogen) atoms. The topological polar surface area (TPSA) is 67.8 Å². The Bertz CT molecular complexity index is 774. The molecule has 0 fully saturated rings. The van der Waals surface area contributed by atoms with Gasteiger partial charge in [0.05, 0.1) is 5.56 Å². The standard InChI is InChI=1S/C15H11FN4OS/c16-12-5-3-10(4-6-12)8-13-19-20-15(22-13)18-14(21)11-2-1-7-17-9-11/h1-7,9H,8H2,(H,18,20,21). The second-order valence-corrected chi connectivity index (χ2v) is 5.56. The maximum atomic E-state index is 12.9. The first-order valence-corrected chi connectivity index (χ1v) is 7.30. The summed E-state index contributed by atoms with van der Waals surface area (Å²) in [5.41, 5.74) is 1.39. The molecule has 110 valence electrons. The number of aromatic nitrogens is 3. The zero-order valence-electron chi connectivity index (χ0n) is 11.4. The van der Waals surface area contributed by atoms with E-state index in [9.17, 15) is 9.18 Å². The molecule has 0 spiro atoms. The number of nitrogens with one attached hydrogen (secondary N) is 1. The van der Waals surface area contributed by atoms with Crippen molar-refractivity contribution < 1.29 is 9.18 Å². The fourth-order valence-corrected chi connectivity index (χ4v) is 2.59. The molecule has 0 aliphatic rings. The fraction of sp³-hybridized carbons (Fsp3) is 0.0667. The Morgan fingerprint density at radius 1 is 1.18 bits per heavy atom. The quantitative estimate of drug-likeness (QED) is 0.804. The summed E-state index contributed by atoms with van der Waals surface area (Å²) in [7, 11) is 0. The lowest BCUT2D eigenvalue weighted by molar-refractivity contribution is 0.102. The van der Waals surface area contributed by atoms with E-state index in [-0.39, 0.29) is 11.7 Å². The van der Waals surface area contributed by atoms with E-state index in [4.69, 9.17) is 0 Å². The van der Waals surface area contributed by atoms with Crippen LogP contribution >= 0.6 is 11.3 Å². The van der Waals surface area contributed by atoms with E-state index in [1.807, 2.05) is 0 Å². The number of pyridine rings is 1. The van der Waals surface area contributed by atoms with E-state index in [0.717, 1.165) is 10.6 Å². The third-order valence-electron chi connectivity index (χ3n) is 2.88. The van der Waals surface area contributed by atoms with Gasteiger partial charge in [-0.05, 0) is 29.8 Å². The summed E-state index contributed by atoms with van der Waals surface area (Å²) in [6.45, 7) is 0. The second-order valence-electron chi connectivity index (χ2n) is 4.50. The molecule has 2 heterocycles. The van der Waals surface area contributed by atoms with Crippen molar-refractivity contribution in [1.82, 2.24) is 15.2 Å². The minimum absolute atomic E-state index is 0.273. The van der Waals surface area contributed by atoms with E-state index in [1.165, 1.54) is 29.7 Å². The van der Waals surface area contributed by atoms with E-state index >= 15 is 0 Å². The van der Waals surface area contributed by atoms with Crippen molar-refractivity contribution in [3.8, 4) is 0 Å². The first-order valence-electron chi connectivity index (χ1n) is 6.49. The summed E-state index contributed by atoms with van der Waals surface area (Å²) in [4.78, 5) is 15.9. The number of rotatable bonds is 4. The Balaban J connectivity index is 1.66. The van der Waals surface area contributed by atoms with Crippen LogP contribution in [0.2, 0.25) is 0 Å². The van der Waals surface area contributed by atoms with Gasteiger partial charge in [0.15, 0.2) is 0 Å². The minimum Gasteiger partial charge on any atom is -0.296 e. The van der Waals surface area contributed by atoms with Crippen molar-refractivity contribution >= 4 is 22.4 Å². The van der Waals surface area contributed by atoms with Gasteiger partial charge in [0.25, 0.3) is 5.91 Å². The van der Waals surface area contributed by atoms with Gasteiger partial charge in [-0.15, -0.1) is 10.2 Å². The predicted molar refractivity (Wildman–Crippen MR) is 81.3 cm³/mol. The summed E-state index contributed by atoms with van der Waals surface area (Å²) < 4.78 is 12.9. The highest BCUT2D eigenvalue weighted by Gasteiger charge is 2.10. The molecule has 7 heteroatoms. The zero-order valence-corrected chi connectivity index (χ0v) is 12.2. The summed E-state index contributed by atoms with van der Waals surface area (Å²) in [6.07, 6.45) is 3.62. The lowest BCUT2D eigenvalue weighted by Crippen LogP contribution is -2.11. The van der Waals surface area contributed by atoms with Crippen LogP contribution in [-0.2, 0) is 6.42 Å². The lowest BCUT2D eigenvalue weighted by atomic mass is 10.2. The molecule has 3 aromatic rings. The summed E-state index contributed by atoms with van der Waals surface area (Å²) >= 11 is 1.29. The smallest absolute Gasteiger partial charge is 0.259 e. The van der Waals surface area contributed by atoms with Crippen LogP contribution in [0.3, 0.4) is 0 Å². The van der Waals surface area contributed by atoms with Gasteiger partial charge < -0.3 is 0 Å². The number of amides is 1. The Labute approximate surface area is 129 Å². The third-order valence-corrected chi connectivity index (χ3v) is 3.72. The molecule has 2 aromatic heterocycles. The van der Waals surface area contributed by atoms with E-state index in [0.29, 0.717) is 17.1 Å². The Kier molecular flexibility index (Phi) is 4.15. The maximum Gasteiger partial charge on any atom is 0.259 e. The number of anilines is 1. The molecule has 0 aliphatic heterocycles. The molecule has 0 saturated carbocycles. The molecule has 3 rings (SSSR count). The van der Waals surface area contributed by atoms with Crippen molar-refractivity contribution in [2.24, 2.45) is 0 Å². The predicted octanol–water partition coefficient (Wildman–Crippen LogP) is 2.92. The maximum absolute atomic E-state index is 12.9.